The van der Waals surface area contributed by atoms with Gasteiger partial charge in [0.15, 0.2) is 17.8 Å². The summed E-state index contributed by atoms with van der Waals surface area (Å²) in [5.41, 5.74) is 1.68. The van der Waals surface area contributed by atoms with Gasteiger partial charge in [-0.1, -0.05) is 0 Å². The van der Waals surface area contributed by atoms with Crippen LogP contribution in [0.1, 0.15) is 6.42 Å². The molecule has 29 heavy (non-hydrogen) atoms. The molecule has 2 heterocycles. The molecule has 3 aliphatic rings. The number of aliphatic imine (C=N–C) groups is 1. The topological polar surface area (TPSA) is 74.2 Å². The fourth-order valence-electron chi connectivity index (χ4n) is 3.56. The Kier molecular flexibility index (Phi) is 5.71. The highest BCUT2D eigenvalue weighted by atomic mass is 19.1. The van der Waals surface area contributed by atoms with Crippen LogP contribution in [0.3, 0.4) is 0 Å². The Hall–Kier alpha value is -3.00. The number of hydrogen-bond acceptors (Lipinski definition) is 6. The molecule has 1 unspecified atom stereocenters. The number of rotatable bonds is 6. The van der Waals surface area contributed by atoms with Crippen molar-refractivity contribution in [2.75, 3.05) is 44.2 Å². The molecule has 0 saturated carbocycles. The largest absolute Gasteiger partial charge is 0.466 e. The first-order valence-electron chi connectivity index (χ1n) is 9.75. The monoisotopic (exact) mass is 398 g/mol. The minimum absolute atomic E-state index is 0.0300. The lowest BCUT2D eigenvalue weighted by Crippen LogP contribution is -2.49. The Bertz CT molecular complexity index is 870. The Balaban J connectivity index is 1.15. The minimum Gasteiger partial charge on any atom is -0.466 e. The molecule has 1 aromatic carbocycles. The van der Waals surface area contributed by atoms with Gasteiger partial charge in [0, 0.05) is 50.9 Å². The van der Waals surface area contributed by atoms with Crippen LogP contribution in [0.2, 0.25) is 0 Å². The van der Waals surface area contributed by atoms with Gasteiger partial charge in [0.05, 0.1) is 6.54 Å². The summed E-state index contributed by atoms with van der Waals surface area (Å²) in [6, 6.07) is 6.50. The molecule has 1 amide bonds. The molecule has 4 rings (SSSR count). The highest BCUT2D eigenvalue weighted by molar-refractivity contribution is 6.19. The zero-order valence-corrected chi connectivity index (χ0v) is 16.0. The van der Waals surface area contributed by atoms with Crippen molar-refractivity contribution in [3.63, 3.8) is 0 Å². The second-order valence-electron chi connectivity index (χ2n) is 7.21. The van der Waals surface area contributed by atoms with Crippen LogP contribution in [-0.4, -0.2) is 67.8 Å². The number of hydrogen-bond donors (Lipinski definition) is 1. The van der Waals surface area contributed by atoms with E-state index in [0.29, 0.717) is 31.0 Å². The predicted molar refractivity (Wildman–Crippen MR) is 107 cm³/mol. The molecule has 7 nitrogen and oxygen atoms in total. The van der Waals surface area contributed by atoms with Crippen molar-refractivity contribution in [1.29, 1.82) is 0 Å². The van der Waals surface area contributed by atoms with E-state index in [0.717, 1.165) is 31.9 Å². The summed E-state index contributed by atoms with van der Waals surface area (Å²) < 4.78 is 18.7. The SMILES string of the molecule is O=C1C=CC2=NC(CCNC(=O)CN3CCN(c4ccc(F)cc4)CC3)OC2=C1. The molecule has 0 bridgehead atoms. The number of ether oxygens (including phenoxy) is 1. The van der Waals surface area contributed by atoms with Gasteiger partial charge in [-0.15, -0.1) is 0 Å². The summed E-state index contributed by atoms with van der Waals surface area (Å²) in [5.74, 6) is 0.136. The Morgan fingerprint density at radius 3 is 2.69 bits per heavy atom. The van der Waals surface area contributed by atoms with Gasteiger partial charge in [-0.05, 0) is 36.4 Å². The Morgan fingerprint density at radius 1 is 1.17 bits per heavy atom. The molecule has 1 fully saturated rings. The maximum Gasteiger partial charge on any atom is 0.234 e. The molecule has 152 valence electrons. The molecule has 0 radical (unpaired) electrons. The lowest BCUT2D eigenvalue weighted by molar-refractivity contribution is -0.122. The molecule has 0 aromatic heterocycles. The van der Waals surface area contributed by atoms with E-state index in [1.807, 2.05) is 0 Å². The number of carbonyl (C=O) groups is 2. The normalized spacial score (nSPS) is 21.3. The number of allylic oxidation sites excluding steroid dienone is 3. The number of benzene rings is 1. The summed E-state index contributed by atoms with van der Waals surface area (Å²) in [5, 5.41) is 2.91. The predicted octanol–water partition coefficient (Wildman–Crippen LogP) is 1.27. The van der Waals surface area contributed by atoms with Crippen molar-refractivity contribution in [2.45, 2.75) is 12.6 Å². The standard InChI is InChI=1S/C21H23FN4O3/c22-15-1-3-16(4-2-15)26-11-9-25(10-12-26)14-20(28)23-8-7-21-24-18-6-5-17(27)13-19(18)29-21/h1-6,13,21H,7-12,14H2,(H,23,28). The third-order valence-corrected chi connectivity index (χ3v) is 5.12. The first-order chi connectivity index (χ1) is 14.1. The molecule has 1 N–H and O–H groups in total. The van der Waals surface area contributed by atoms with E-state index in [4.69, 9.17) is 4.74 Å². The van der Waals surface area contributed by atoms with Gasteiger partial charge in [0.1, 0.15) is 11.5 Å². The third-order valence-electron chi connectivity index (χ3n) is 5.12. The van der Waals surface area contributed by atoms with Gasteiger partial charge in [0.25, 0.3) is 0 Å². The maximum atomic E-state index is 13.0. The van der Waals surface area contributed by atoms with Gasteiger partial charge >= 0.3 is 0 Å². The van der Waals surface area contributed by atoms with Crippen LogP contribution >= 0.6 is 0 Å². The van der Waals surface area contributed by atoms with Crippen LogP contribution in [0.15, 0.2) is 53.2 Å². The molecule has 8 heteroatoms. The molecular weight excluding hydrogens is 375 g/mol. The number of amides is 1. The summed E-state index contributed by atoms with van der Waals surface area (Å²) in [6.45, 7) is 3.96. The van der Waals surface area contributed by atoms with Gasteiger partial charge in [-0.2, -0.15) is 0 Å². The van der Waals surface area contributed by atoms with Crippen LogP contribution in [-0.2, 0) is 14.3 Å². The molecule has 0 spiro atoms. The number of anilines is 1. The molecule has 1 aliphatic carbocycles. The van der Waals surface area contributed by atoms with E-state index in [-0.39, 0.29) is 23.7 Å². The van der Waals surface area contributed by atoms with E-state index in [1.165, 1.54) is 24.3 Å². The number of piperazine rings is 1. The fourth-order valence-corrected chi connectivity index (χ4v) is 3.56. The van der Waals surface area contributed by atoms with Crippen molar-refractivity contribution < 1.29 is 18.7 Å². The third kappa shape index (κ3) is 4.89. The zero-order chi connectivity index (χ0) is 20.2. The van der Waals surface area contributed by atoms with Crippen molar-refractivity contribution in [2.24, 2.45) is 4.99 Å². The van der Waals surface area contributed by atoms with Gasteiger partial charge < -0.3 is 15.0 Å². The Morgan fingerprint density at radius 2 is 1.93 bits per heavy atom. The van der Waals surface area contributed by atoms with Crippen LogP contribution in [0, 0.1) is 5.82 Å². The molecule has 1 atom stereocenters. The van der Waals surface area contributed by atoms with E-state index >= 15 is 0 Å². The van der Waals surface area contributed by atoms with E-state index < -0.39 is 0 Å². The number of nitrogens with one attached hydrogen (secondary N) is 1. The molecule has 1 aromatic rings. The average Bonchev–Trinajstić information content (AvgIpc) is 3.11. The van der Waals surface area contributed by atoms with Crippen LogP contribution in [0.25, 0.3) is 0 Å². The fraction of sp³-hybridized carbons (Fsp3) is 0.381. The smallest absolute Gasteiger partial charge is 0.234 e. The average molecular weight is 398 g/mol. The zero-order valence-electron chi connectivity index (χ0n) is 16.0. The van der Waals surface area contributed by atoms with Crippen molar-refractivity contribution in [1.82, 2.24) is 10.2 Å². The summed E-state index contributed by atoms with van der Waals surface area (Å²) >= 11 is 0. The van der Waals surface area contributed by atoms with Crippen LogP contribution in [0.5, 0.6) is 0 Å². The van der Waals surface area contributed by atoms with E-state index in [2.05, 4.69) is 20.1 Å². The number of ketones is 1. The summed E-state index contributed by atoms with van der Waals surface area (Å²) in [6.07, 6.45) is 4.73. The minimum atomic E-state index is -0.369. The van der Waals surface area contributed by atoms with Gasteiger partial charge in [-0.3, -0.25) is 14.5 Å². The lowest BCUT2D eigenvalue weighted by Gasteiger charge is -2.35. The second kappa shape index (κ2) is 8.57. The van der Waals surface area contributed by atoms with Crippen LogP contribution < -0.4 is 10.2 Å². The second-order valence-corrected chi connectivity index (χ2v) is 7.21. The first kappa shape index (κ1) is 19.3. The number of halogens is 1. The van der Waals surface area contributed by atoms with Crippen molar-refractivity contribution in [3.05, 3.63) is 54.1 Å². The van der Waals surface area contributed by atoms with Crippen molar-refractivity contribution in [3.8, 4) is 0 Å². The Labute approximate surface area is 168 Å². The van der Waals surface area contributed by atoms with Gasteiger partial charge in [0.2, 0.25) is 5.91 Å². The molecule has 1 saturated heterocycles. The van der Waals surface area contributed by atoms with Gasteiger partial charge in [-0.25, -0.2) is 9.38 Å². The first-order valence-corrected chi connectivity index (χ1v) is 9.75. The molecular formula is C21H23FN4O3. The lowest BCUT2D eigenvalue weighted by atomic mass is 10.1. The number of carbonyl (C=O) groups excluding carboxylic acids is 2. The number of fused-ring (bicyclic) bond motifs is 1. The number of nitrogens with zero attached hydrogens (tertiary/aromatic N) is 3. The summed E-state index contributed by atoms with van der Waals surface area (Å²) in [4.78, 5) is 32.3. The van der Waals surface area contributed by atoms with Crippen LogP contribution in [0.4, 0.5) is 10.1 Å². The molecule has 2 aliphatic heterocycles. The van der Waals surface area contributed by atoms with Crippen molar-refractivity contribution >= 4 is 23.1 Å². The highest BCUT2D eigenvalue weighted by Gasteiger charge is 2.25. The summed E-state index contributed by atoms with van der Waals surface area (Å²) in [7, 11) is 0. The highest BCUT2D eigenvalue weighted by Crippen LogP contribution is 2.21. The van der Waals surface area contributed by atoms with E-state index in [9.17, 15) is 14.0 Å². The van der Waals surface area contributed by atoms with E-state index in [1.54, 1.807) is 18.2 Å². The quantitative estimate of drug-likeness (QED) is 0.731. The maximum absolute atomic E-state index is 13.0.